The number of carbonyl (C=O) groups excluding carboxylic acids is 1. The molecule has 158 valence electrons. The van der Waals surface area contributed by atoms with E-state index in [2.05, 4.69) is 27.4 Å². The van der Waals surface area contributed by atoms with Crippen molar-refractivity contribution in [2.75, 3.05) is 5.32 Å². The molecule has 2 N–H and O–H groups in total. The molecule has 0 fully saturated rings. The summed E-state index contributed by atoms with van der Waals surface area (Å²) in [7, 11) is 0. The van der Waals surface area contributed by atoms with E-state index in [0.717, 1.165) is 22.5 Å². The molecule has 0 atom stereocenters. The first kappa shape index (κ1) is 21.3. The molecule has 32 heavy (non-hydrogen) atoms. The number of rotatable bonds is 5. The van der Waals surface area contributed by atoms with Crippen LogP contribution in [0.4, 0.5) is 5.69 Å². The summed E-state index contributed by atoms with van der Waals surface area (Å²) in [6.45, 7) is 2.46. The fourth-order valence-corrected chi connectivity index (χ4v) is 3.45. The smallest absolute Gasteiger partial charge is 0.226 e. The minimum absolute atomic E-state index is 0.101. The van der Waals surface area contributed by atoms with Crippen LogP contribution in [-0.2, 0) is 11.3 Å². The van der Waals surface area contributed by atoms with E-state index >= 15 is 0 Å². The SMILES string of the molecule is Cc1ccc(-c2n[nH]c(=S)n2CCC(=O)Nc2cccc(C#Cc3ccccc3)c2)cc1. The van der Waals surface area contributed by atoms with Crippen molar-refractivity contribution in [1.29, 1.82) is 0 Å². The van der Waals surface area contributed by atoms with Gasteiger partial charge in [-0.05, 0) is 49.5 Å². The molecule has 0 bridgehead atoms. The standard InChI is InChI=1S/C26H22N4OS/c1-19-10-14-22(15-11-19)25-28-29-26(32)30(25)17-16-24(31)27-23-9-5-8-21(18-23)13-12-20-6-3-2-4-7-20/h2-11,14-15,18H,16-17H2,1H3,(H,27,31)(H,29,32). The third-order valence-electron chi connectivity index (χ3n) is 4.90. The topological polar surface area (TPSA) is 62.7 Å². The van der Waals surface area contributed by atoms with Gasteiger partial charge in [-0.1, -0.05) is 65.9 Å². The fourth-order valence-electron chi connectivity index (χ4n) is 3.23. The van der Waals surface area contributed by atoms with Crippen LogP contribution in [0.15, 0.2) is 78.9 Å². The molecular formula is C26H22N4OS. The van der Waals surface area contributed by atoms with Gasteiger partial charge >= 0.3 is 0 Å². The largest absolute Gasteiger partial charge is 0.326 e. The highest BCUT2D eigenvalue weighted by Crippen LogP contribution is 2.18. The summed E-state index contributed by atoms with van der Waals surface area (Å²) in [5.41, 5.74) is 4.62. The van der Waals surface area contributed by atoms with Crippen LogP contribution < -0.4 is 5.32 Å². The van der Waals surface area contributed by atoms with Crippen molar-refractivity contribution in [2.45, 2.75) is 19.9 Å². The highest BCUT2D eigenvalue weighted by molar-refractivity contribution is 7.71. The fraction of sp³-hybridized carbons (Fsp3) is 0.115. The third kappa shape index (κ3) is 5.39. The van der Waals surface area contributed by atoms with Crippen LogP contribution in [0.3, 0.4) is 0 Å². The van der Waals surface area contributed by atoms with E-state index in [4.69, 9.17) is 12.2 Å². The number of aryl methyl sites for hydroxylation is 1. The Morgan fingerprint density at radius 3 is 2.50 bits per heavy atom. The Morgan fingerprint density at radius 1 is 1.00 bits per heavy atom. The van der Waals surface area contributed by atoms with Gasteiger partial charge in [0.25, 0.3) is 0 Å². The van der Waals surface area contributed by atoms with Gasteiger partial charge in [0, 0.05) is 35.3 Å². The minimum Gasteiger partial charge on any atom is -0.326 e. The van der Waals surface area contributed by atoms with E-state index in [9.17, 15) is 4.79 Å². The Kier molecular flexibility index (Phi) is 6.59. The lowest BCUT2D eigenvalue weighted by Gasteiger charge is -2.08. The van der Waals surface area contributed by atoms with Crippen molar-refractivity contribution < 1.29 is 4.79 Å². The molecule has 6 heteroatoms. The molecular weight excluding hydrogens is 416 g/mol. The summed E-state index contributed by atoms with van der Waals surface area (Å²) in [6, 6.07) is 25.4. The number of carbonyl (C=O) groups is 1. The van der Waals surface area contributed by atoms with E-state index in [0.29, 0.717) is 17.0 Å². The van der Waals surface area contributed by atoms with E-state index < -0.39 is 0 Å². The Morgan fingerprint density at radius 2 is 1.72 bits per heavy atom. The predicted molar refractivity (Wildman–Crippen MR) is 130 cm³/mol. The van der Waals surface area contributed by atoms with Gasteiger partial charge in [0.15, 0.2) is 10.6 Å². The lowest BCUT2D eigenvalue weighted by molar-refractivity contribution is -0.116. The van der Waals surface area contributed by atoms with Gasteiger partial charge < -0.3 is 5.32 Å². The van der Waals surface area contributed by atoms with E-state index in [1.54, 1.807) is 0 Å². The van der Waals surface area contributed by atoms with Crippen LogP contribution in [0, 0.1) is 23.5 Å². The highest BCUT2D eigenvalue weighted by Gasteiger charge is 2.11. The molecule has 0 unspecified atom stereocenters. The van der Waals surface area contributed by atoms with Crippen molar-refractivity contribution in [3.05, 3.63) is 100 Å². The number of hydrogen-bond donors (Lipinski definition) is 2. The quantitative estimate of drug-likeness (QED) is 0.326. The lowest BCUT2D eigenvalue weighted by Crippen LogP contribution is -2.15. The zero-order chi connectivity index (χ0) is 22.3. The molecule has 0 saturated heterocycles. The van der Waals surface area contributed by atoms with Crippen LogP contribution in [0.1, 0.15) is 23.1 Å². The predicted octanol–water partition coefficient (Wildman–Crippen LogP) is 5.34. The number of nitrogens with one attached hydrogen (secondary N) is 2. The second-order valence-electron chi connectivity index (χ2n) is 7.37. The summed E-state index contributed by atoms with van der Waals surface area (Å²) >= 11 is 5.36. The molecule has 0 aliphatic carbocycles. The van der Waals surface area contributed by atoms with Crippen LogP contribution in [0.5, 0.6) is 0 Å². The molecule has 0 aliphatic heterocycles. The summed E-state index contributed by atoms with van der Waals surface area (Å²) in [5.74, 6) is 6.89. The maximum absolute atomic E-state index is 12.6. The second kappa shape index (κ2) is 9.90. The second-order valence-corrected chi connectivity index (χ2v) is 7.75. The molecule has 3 aromatic carbocycles. The van der Waals surface area contributed by atoms with E-state index in [1.807, 2.05) is 90.4 Å². The monoisotopic (exact) mass is 438 g/mol. The first-order chi connectivity index (χ1) is 15.6. The lowest BCUT2D eigenvalue weighted by atomic mass is 10.1. The average molecular weight is 439 g/mol. The molecule has 4 rings (SSSR count). The maximum atomic E-state index is 12.6. The third-order valence-corrected chi connectivity index (χ3v) is 5.21. The summed E-state index contributed by atoms with van der Waals surface area (Å²) in [5, 5.41) is 10.1. The molecule has 0 aliphatic rings. The van der Waals surface area contributed by atoms with E-state index in [1.165, 1.54) is 5.56 Å². The minimum atomic E-state index is -0.101. The Bertz CT molecular complexity index is 1340. The number of H-pyrrole nitrogens is 1. The van der Waals surface area contributed by atoms with Gasteiger partial charge in [0.05, 0.1) is 0 Å². The molecule has 1 heterocycles. The number of aromatic amines is 1. The molecule has 0 saturated carbocycles. The van der Waals surface area contributed by atoms with Gasteiger partial charge in [-0.25, -0.2) is 0 Å². The Hall–Kier alpha value is -3.95. The number of aromatic nitrogens is 3. The van der Waals surface area contributed by atoms with Gasteiger partial charge in [-0.3, -0.25) is 14.5 Å². The maximum Gasteiger partial charge on any atom is 0.226 e. The molecule has 0 spiro atoms. The van der Waals surface area contributed by atoms with Gasteiger partial charge in [0.2, 0.25) is 5.91 Å². The number of anilines is 1. The first-order valence-corrected chi connectivity index (χ1v) is 10.7. The number of amides is 1. The van der Waals surface area contributed by atoms with Gasteiger partial charge in [-0.15, -0.1) is 0 Å². The van der Waals surface area contributed by atoms with E-state index in [-0.39, 0.29) is 12.3 Å². The first-order valence-electron chi connectivity index (χ1n) is 10.3. The normalized spacial score (nSPS) is 10.3. The van der Waals surface area contributed by atoms with Crippen LogP contribution in [0.2, 0.25) is 0 Å². The van der Waals surface area contributed by atoms with Crippen molar-refractivity contribution in [2.24, 2.45) is 0 Å². The number of benzene rings is 3. The van der Waals surface area contributed by atoms with Crippen molar-refractivity contribution in [1.82, 2.24) is 14.8 Å². The summed E-state index contributed by atoms with van der Waals surface area (Å²) < 4.78 is 2.34. The van der Waals surface area contributed by atoms with Crippen LogP contribution in [0.25, 0.3) is 11.4 Å². The number of hydrogen-bond acceptors (Lipinski definition) is 3. The van der Waals surface area contributed by atoms with Crippen molar-refractivity contribution >= 4 is 23.8 Å². The van der Waals surface area contributed by atoms with Crippen LogP contribution in [-0.4, -0.2) is 20.7 Å². The van der Waals surface area contributed by atoms with Gasteiger partial charge in [-0.2, -0.15) is 5.10 Å². The van der Waals surface area contributed by atoms with Crippen LogP contribution >= 0.6 is 12.2 Å². The van der Waals surface area contributed by atoms with Gasteiger partial charge in [0.1, 0.15) is 0 Å². The molecule has 1 aromatic heterocycles. The molecule has 5 nitrogen and oxygen atoms in total. The Balaban J connectivity index is 1.41. The average Bonchev–Trinajstić information content (AvgIpc) is 3.18. The highest BCUT2D eigenvalue weighted by atomic mass is 32.1. The zero-order valence-corrected chi connectivity index (χ0v) is 18.4. The number of nitrogens with zero attached hydrogens (tertiary/aromatic N) is 2. The Labute approximate surface area is 192 Å². The zero-order valence-electron chi connectivity index (χ0n) is 17.6. The molecule has 1 amide bonds. The summed E-state index contributed by atoms with van der Waals surface area (Å²) in [4.78, 5) is 12.6. The summed E-state index contributed by atoms with van der Waals surface area (Å²) in [6.07, 6.45) is 0.270. The van der Waals surface area contributed by atoms with Crippen molar-refractivity contribution in [3.63, 3.8) is 0 Å². The molecule has 0 radical (unpaired) electrons. The molecule has 4 aromatic rings. The van der Waals surface area contributed by atoms with Crippen molar-refractivity contribution in [3.8, 4) is 23.2 Å².